The van der Waals surface area contributed by atoms with E-state index in [2.05, 4.69) is 5.32 Å². The fourth-order valence-electron chi connectivity index (χ4n) is 2.10. The number of benzene rings is 1. The second-order valence-corrected chi connectivity index (χ2v) is 4.95. The van der Waals surface area contributed by atoms with Gasteiger partial charge in [-0.1, -0.05) is 0 Å². The zero-order valence-electron chi connectivity index (χ0n) is 11.4. The van der Waals surface area contributed by atoms with E-state index in [1.165, 1.54) is 0 Å². The molecule has 0 spiro atoms. The summed E-state index contributed by atoms with van der Waals surface area (Å²) in [5.74, 6) is -3.07. The van der Waals surface area contributed by atoms with Gasteiger partial charge in [-0.3, -0.25) is 0 Å². The third-order valence-corrected chi connectivity index (χ3v) is 3.16. The number of hydrogen-bond donors (Lipinski definition) is 2. The Labute approximate surface area is 120 Å². The van der Waals surface area contributed by atoms with Gasteiger partial charge in [0.1, 0.15) is 11.5 Å². The first-order chi connectivity index (χ1) is 10.1. The highest BCUT2D eigenvalue weighted by Gasteiger charge is 2.17. The quantitative estimate of drug-likeness (QED) is 0.810. The van der Waals surface area contributed by atoms with E-state index in [0.29, 0.717) is 18.7 Å². The Morgan fingerprint density at radius 2 is 2.05 bits per heavy atom. The van der Waals surface area contributed by atoms with Crippen molar-refractivity contribution in [2.45, 2.75) is 25.0 Å². The summed E-state index contributed by atoms with van der Waals surface area (Å²) in [6, 6.07) is 1.15. The summed E-state index contributed by atoms with van der Waals surface area (Å²) in [4.78, 5) is 0. The number of hydrogen-bond acceptors (Lipinski definition) is 4. The van der Waals surface area contributed by atoms with Crippen molar-refractivity contribution in [3.8, 4) is 0 Å². The van der Waals surface area contributed by atoms with Crippen LogP contribution in [0.1, 0.15) is 12.8 Å². The molecule has 0 bridgehead atoms. The number of aliphatic hydroxyl groups excluding tert-OH is 1. The first-order valence-electron chi connectivity index (χ1n) is 6.82. The smallest absolute Gasteiger partial charge is 0.152 e. The molecule has 2 unspecified atom stereocenters. The minimum absolute atomic E-state index is 0.0251. The van der Waals surface area contributed by atoms with Crippen molar-refractivity contribution in [3.05, 3.63) is 29.6 Å². The van der Waals surface area contributed by atoms with Crippen LogP contribution < -0.4 is 5.32 Å². The average Bonchev–Trinajstić information content (AvgIpc) is 2.90. The minimum Gasteiger partial charge on any atom is -0.389 e. The summed E-state index contributed by atoms with van der Waals surface area (Å²) < 4.78 is 50.1. The number of ether oxygens (including phenoxy) is 2. The number of halogens is 3. The molecule has 0 saturated carbocycles. The zero-order chi connectivity index (χ0) is 15.2. The molecule has 2 atom stereocenters. The molecule has 1 aliphatic heterocycles. The van der Waals surface area contributed by atoms with Crippen LogP contribution in [0.5, 0.6) is 0 Å². The molecule has 118 valence electrons. The van der Waals surface area contributed by atoms with Gasteiger partial charge in [0.2, 0.25) is 0 Å². The van der Waals surface area contributed by atoms with Crippen LogP contribution in [-0.4, -0.2) is 43.7 Å². The van der Waals surface area contributed by atoms with Crippen LogP contribution in [-0.2, 0) is 9.47 Å². The number of anilines is 1. The van der Waals surface area contributed by atoms with Crippen molar-refractivity contribution in [2.75, 3.05) is 31.7 Å². The third-order valence-electron chi connectivity index (χ3n) is 3.16. The Balaban J connectivity index is 1.72. The molecule has 0 aromatic heterocycles. The molecular formula is C14H18F3NO3. The lowest BCUT2D eigenvalue weighted by Gasteiger charge is -2.15. The molecule has 2 rings (SSSR count). The molecule has 0 radical (unpaired) electrons. The van der Waals surface area contributed by atoms with Gasteiger partial charge in [-0.2, -0.15) is 0 Å². The summed E-state index contributed by atoms with van der Waals surface area (Å²) in [6.07, 6.45) is 1.05. The van der Waals surface area contributed by atoms with Gasteiger partial charge in [0.25, 0.3) is 0 Å². The van der Waals surface area contributed by atoms with Gasteiger partial charge in [-0.05, 0) is 12.8 Å². The maximum absolute atomic E-state index is 13.3. The van der Waals surface area contributed by atoms with Crippen LogP contribution >= 0.6 is 0 Å². The van der Waals surface area contributed by atoms with Crippen LogP contribution in [0.15, 0.2) is 12.1 Å². The van der Waals surface area contributed by atoms with Crippen LogP contribution in [0.4, 0.5) is 18.9 Å². The molecule has 21 heavy (non-hydrogen) atoms. The molecule has 7 heteroatoms. The van der Waals surface area contributed by atoms with Gasteiger partial charge >= 0.3 is 0 Å². The molecule has 4 nitrogen and oxygen atoms in total. The van der Waals surface area contributed by atoms with Gasteiger partial charge in [0, 0.05) is 25.3 Å². The van der Waals surface area contributed by atoms with Gasteiger partial charge in [-0.25, -0.2) is 13.2 Å². The molecule has 1 fully saturated rings. The lowest BCUT2D eigenvalue weighted by Crippen LogP contribution is -2.27. The fourth-order valence-corrected chi connectivity index (χ4v) is 2.10. The van der Waals surface area contributed by atoms with Gasteiger partial charge < -0.3 is 19.9 Å². The van der Waals surface area contributed by atoms with Crippen molar-refractivity contribution >= 4 is 5.69 Å². The van der Waals surface area contributed by atoms with E-state index in [4.69, 9.17) is 9.47 Å². The van der Waals surface area contributed by atoms with E-state index in [0.717, 1.165) is 19.4 Å². The lowest BCUT2D eigenvalue weighted by atomic mass is 10.2. The Kier molecular flexibility index (Phi) is 5.84. The number of rotatable bonds is 7. The Morgan fingerprint density at radius 3 is 2.67 bits per heavy atom. The Bertz CT molecular complexity index is 444. The van der Waals surface area contributed by atoms with Crippen LogP contribution in [0.25, 0.3) is 0 Å². The van der Waals surface area contributed by atoms with Gasteiger partial charge in [0.05, 0.1) is 25.4 Å². The van der Waals surface area contributed by atoms with Gasteiger partial charge in [-0.15, -0.1) is 0 Å². The molecule has 1 saturated heterocycles. The summed E-state index contributed by atoms with van der Waals surface area (Å²) in [7, 11) is 0. The van der Waals surface area contributed by atoms with Crippen LogP contribution in [0.3, 0.4) is 0 Å². The molecule has 2 N–H and O–H groups in total. The monoisotopic (exact) mass is 305 g/mol. The predicted molar refractivity (Wildman–Crippen MR) is 70.6 cm³/mol. The standard InChI is InChI=1S/C14H18F3NO3/c15-9-4-12(16)14(13(17)5-9)18-6-10(19)7-20-8-11-2-1-3-21-11/h4-5,10-11,18-19H,1-3,6-8H2. The van der Waals surface area contributed by atoms with E-state index in [1.54, 1.807) is 0 Å². The average molecular weight is 305 g/mol. The second kappa shape index (κ2) is 7.63. The highest BCUT2D eigenvalue weighted by atomic mass is 19.1. The van der Waals surface area contributed by atoms with E-state index in [-0.39, 0.29) is 19.3 Å². The second-order valence-electron chi connectivity index (χ2n) is 4.95. The first kappa shape index (κ1) is 16.1. The highest BCUT2D eigenvalue weighted by Crippen LogP contribution is 2.20. The third kappa shape index (κ3) is 4.87. The Hall–Kier alpha value is -1.31. The van der Waals surface area contributed by atoms with Crippen molar-refractivity contribution in [2.24, 2.45) is 0 Å². The highest BCUT2D eigenvalue weighted by molar-refractivity contribution is 5.46. The van der Waals surface area contributed by atoms with Crippen LogP contribution in [0, 0.1) is 17.5 Å². The molecule has 0 aliphatic carbocycles. The molecular weight excluding hydrogens is 287 g/mol. The minimum atomic E-state index is -1.04. The predicted octanol–water partition coefficient (Wildman–Crippen LogP) is 2.07. The zero-order valence-corrected chi connectivity index (χ0v) is 11.4. The molecule has 1 aliphatic rings. The van der Waals surface area contributed by atoms with Crippen molar-refractivity contribution < 1.29 is 27.8 Å². The maximum atomic E-state index is 13.3. The number of aliphatic hydroxyl groups is 1. The SMILES string of the molecule is OC(CNc1c(F)cc(F)cc1F)COCC1CCCO1. The summed E-state index contributed by atoms with van der Waals surface area (Å²) in [6.45, 7) is 1.03. The van der Waals surface area contributed by atoms with E-state index < -0.39 is 29.2 Å². The topological polar surface area (TPSA) is 50.7 Å². The molecule has 1 aromatic rings. The van der Waals surface area contributed by atoms with E-state index in [9.17, 15) is 18.3 Å². The maximum Gasteiger partial charge on any atom is 0.152 e. The van der Waals surface area contributed by atoms with E-state index >= 15 is 0 Å². The largest absolute Gasteiger partial charge is 0.389 e. The normalized spacial score (nSPS) is 19.7. The van der Waals surface area contributed by atoms with Crippen LogP contribution in [0.2, 0.25) is 0 Å². The van der Waals surface area contributed by atoms with Gasteiger partial charge in [0.15, 0.2) is 11.6 Å². The number of nitrogens with one attached hydrogen (secondary N) is 1. The molecule has 1 heterocycles. The summed E-state index contributed by atoms with van der Waals surface area (Å²) >= 11 is 0. The van der Waals surface area contributed by atoms with Crippen molar-refractivity contribution in [3.63, 3.8) is 0 Å². The fraction of sp³-hybridized carbons (Fsp3) is 0.571. The first-order valence-corrected chi connectivity index (χ1v) is 6.82. The summed E-state index contributed by atoms with van der Waals surface area (Å²) in [5.41, 5.74) is -0.463. The Morgan fingerprint density at radius 1 is 1.33 bits per heavy atom. The summed E-state index contributed by atoms with van der Waals surface area (Å²) in [5, 5.41) is 12.1. The molecule has 0 amide bonds. The van der Waals surface area contributed by atoms with Crippen molar-refractivity contribution in [1.82, 2.24) is 0 Å². The lowest BCUT2D eigenvalue weighted by molar-refractivity contribution is -0.0137. The van der Waals surface area contributed by atoms with Crippen molar-refractivity contribution in [1.29, 1.82) is 0 Å². The van der Waals surface area contributed by atoms with E-state index in [1.807, 2.05) is 0 Å². The molecule has 1 aromatic carbocycles.